The molecule has 94 valence electrons. The van der Waals surface area contributed by atoms with Crippen LogP contribution in [0.3, 0.4) is 0 Å². The maximum Gasteiger partial charge on any atom is 0.117 e. The molecular formula is C15H22O2. The first-order chi connectivity index (χ1) is 8.08. The van der Waals surface area contributed by atoms with Gasteiger partial charge in [0.05, 0.1) is 12.2 Å². The lowest BCUT2D eigenvalue weighted by Crippen LogP contribution is -2.57. The minimum Gasteiger partial charge on any atom is -0.367 e. The normalized spacial score (nSPS) is 60.5. The first-order valence-electron chi connectivity index (χ1n) is 7.07. The lowest BCUT2D eigenvalue weighted by Gasteiger charge is -2.50. The van der Waals surface area contributed by atoms with Gasteiger partial charge in [0, 0.05) is 5.92 Å². The molecule has 0 bridgehead atoms. The van der Waals surface area contributed by atoms with Crippen LogP contribution in [0.15, 0.2) is 12.2 Å². The van der Waals surface area contributed by atoms with Crippen LogP contribution in [-0.2, 0) is 9.47 Å². The Morgan fingerprint density at radius 3 is 2.94 bits per heavy atom. The third-order valence-electron chi connectivity index (χ3n) is 5.97. The lowest BCUT2D eigenvalue weighted by atomic mass is 9.56. The summed E-state index contributed by atoms with van der Waals surface area (Å²) in [6.45, 7) is 9.68. The molecule has 0 unspecified atom stereocenters. The highest BCUT2D eigenvalue weighted by Gasteiger charge is 2.74. The monoisotopic (exact) mass is 234 g/mol. The summed E-state index contributed by atoms with van der Waals surface area (Å²) in [6, 6.07) is 0. The van der Waals surface area contributed by atoms with Crippen LogP contribution in [-0.4, -0.2) is 23.9 Å². The average Bonchev–Trinajstić information content (AvgIpc) is 2.89. The van der Waals surface area contributed by atoms with Crippen LogP contribution in [0.5, 0.6) is 0 Å². The van der Waals surface area contributed by atoms with Crippen LogP contribution >= 0.6 is 0 Å². The van der Waals surface area contributed by atoms with E-state index in [0.717, 1.165) is 12.5 Å². The first kappa shape index (κ1) is 10.6. The molecule has 4 fully saturated rings. The third-order valence-corrected chi connectivity index (χ3v) is 5.97. The first-order valence-corrected chi connectivity index (χ1v) is 7.07. The van der Waals surface area contributed by atoms with Gasteiger partial charge in [0.25, 0.3) is 0 Å². The zero-order chi connectivity index (χ0) is 11.8. The summed E-state index contributed by atoms with van der Waals surface area (Å²) in [5.74, 6) is 2.04. The van der Waals surface area contributed by atoms with E-state index in [1.165, 1.54) is 31.3 Å². The molecule has 2 heterocycles. The van der Waals surface area contributed by atoms with E-state index in [9.17, 15) is 0 Å². The van der Waals surface area contributed by atoms with Crippen molar-refractivity contribution in [1.29, 1.82) is 0 Å². The largest absolute Gasteiger partial charge is 0.367 e. The number of ether oxygens (including phenoxy) is 2. The van der Waals surface area contributed by atoms with E-state index in [-0.39, 0.29) is 11.2 Å². The molecule has 2 saturated carbocycles. The van der Waals surface area contributed by atoms with Gasteiger partial charge in [-0.15, -0.1) is 0 Å². The van der Waals surface area contributed by atoms with Gasteiger partial charge >= 0.3 is 0 Å². The van der Waals surface area contributed by atoms with Crippen molar-refractivity contribution < 1.29 is 9.47 Å². The molecule has 1 spiro atoms. The summed E-state index contributed by atoms with van der Waals surface area (Å²) in [4.78, 5) is 0. The Labute approximate surface area is 103 Å². The van der Waals surface area contributed by atoms with Crippen LogP contribution in [0, 0.1) is 17.8 Å². The summed E-state index contributed by atoms with van der Waals surface area (Å²) < 4.78 is 12.4. The quantitative estimate of drug-likeness (QED) is 0.475. The molecule has 0 radical (unpaired) electrons. The fourth-order valence-corrected chi connectivity index (χ4v) is 5.01. The predicted molar refractivity (Wildman–Crippen MR) is 65.7 cm³/mol. The second-order valence-corrected chi connectivity index (χ2v) is 6.86. The van der Waals surface area contributed by atoms with Gasteiger partial charge in [-0.3, -0.25) is 0 Å². The van der Waals surface area contributed by atoms with Crippen molar-refractivity contribution in [3.63, 3.8) is 0 Å². The van der Waals surface area contributed by atoms with Crippen molar-refractivity contribution in [3.05, 3.63) is 12.2 Å². The molecule has 2 aliphatic carbocycles. The molecule has 2 aliphatic heterocycles. The zero-order valence-corrected chi connectivity index (χ0v) is 10.9. The van der Waals surface area contributed by atoms with Crippen molar-refractivity contribution in [2.24, 2.45) is 17.8 Å². The molecule has 2 saturated heterocycles. The fourth-order valence-electron chi connectivity index (χ4n) is 5.01. The molecule has 4 aliphatic rings. The SMILES string of the molecule is C=C1CO[C@@]23[C@H]1CC[C@@H](C)[C@@H]2CC[C@@]1(C)O[C@@H]31. The fraction of sp³-hybridized carbons (Fsp3) is 0.867. The molecule has 4 rings (SSSR count). The van der Waals surface area contributed by atoms with E-state index < -0.39 is 0 Å². The number of rotatable bonds is 0. The molecule has 0 aromatic carbocycles. The van der Waals surface area contributed by atoms with Gasteiger partial charge in [0.2, 0.25) is 0 Å². The van der Waals surface area contributed by atoms with E-state index in [2.05, 4.69) is 20.4 Å². The van der Waals surface area contributed by atoms with Crippen LogP contribution < -0.4 is 0 Å². The minimum absolute atomic E-state index is 0.00174. The van der Waals surface area contributed by atoms with Crippen molar-refractivity contribution in [3.8, 4) is 0 Å². The second kappa shape index (κ2) is 2.97. The maximum atomic E-state index is 6.33. The number of hydrogen-bond acceptors (Lipinski definition) is 2. The highest BCUT2D eigenvalue weighted by atomic mass is 16.6. The van der Waals surface area contributed by atoms with E-state index in [1.807, 2.05) is 0 Å². The van der Waals surface area contributed by atoms with Crippen LogP contribution in [0.2, 0.25) is 0 Å². The standard InChI is InChI=1S/C15H22O2/c1-9-4-5-11-10(2)8-16-15(11)12(9)6-7-14(3)13(15)17-14/h9,11-13H,2,4-8H2,1,3H3/t9-,11+,12+,13-,14-,15+/m1/s1. The Bertz CT molecular complexity index is 390. The summed E-state index contributed by atoms with van der Waals surface area (Å²) in [5.41, 5.74) is 1.44. The van der Waals surface area contributed by atoms with E-state index >= 15 is 0 Å². The van der Waals surface area contributed by atoms with Gasteiger partial charge in [-0.2, -0.15) is 0 Å². The Kier molecular flexibility index (Phi) is 1.85. The molecule has 0 aromatic heterocycles. The van der Waals surface area contributed by atoms with Crippen LogP contribution in [0.25, 0.3) is 0 Å². The summed E-state index contributed by atoms with van der Waals surface area (Å²) in [6.07, 6.45) is 5.44. The summed E-state index contributed by atoms with van der Waals surface area (Å²) in [5, 5.41) is 0. The van der Waals surface area contributed by atoms with Gasteiger partial charge in [0.1, 0.15) is 11.7 Å². The van der Waals surface area contributed by atoms with Gasteiger partial charge in [-0.25, -0.2) is 0 Å². The zero-order valence-electron chi connectivity index (χ0n) is 10.9. The van der Waals surface area contributed by atoms with Crippen molar-refractivity contribution >= 4 is 0 Å². The van der Waals surface area contributed by atoms with Gasteiger partial charge in [-0.05, 0) is 50.0 Å². The highest BCUT2D eigenvalue weighted by Crippen LogP contribution is 2.65. The molecule has 0 N–H and O–H groups in total. The molecule has 0 amide bonds. The minimum atomic E-state index is 0.00174. The van der Waals surface area contributed by atoms with Gasteiger partial charge in [-0.1, -0.05) is 13.5 Å². The van der Waals surface area contributed by atoms with E-state index in [0.29, 0.717) is 17.9 Å². The maximum absolute atomic E-state index is 6.33. The third kappa shape index (κ3) is 1.09. The lowest BCUT2D eigenvalue weighted by molar-refractivity contribution is -0.130. The number of fused-ring (bicyclic) bond motifs is 1. The van der Waals surface area contributed by atoms with Crippen molar-refractivity contribution in [2.75, 3.05) is 6.61 Å². The molecule has 0 aromatic rings. The molecule has 2 heteroatoms. The topological polar surface area (TPSA) is 21.8 Å². The summed E-state index contributed by atoms with van der Waals surface area (Å²) >= 11 is 0. The van der Waals surface area contributed by atoms with Crippen LogP contribution in [0.1, 0.15) is 39.5 Å². The predicted octanol–water partition coefficient (Wildman–Crippen LogP) is 2.93. The van der Waals surface area contributed by atoms with E-state index in [4.69, 9.17) is 9.47 Å². The Hall–Kier alpha value is -0.340. The highest BCUT2D eigenvalue weighted by molar-refractivity contribution is 5.29. The Balaban J connectivity index is 1.80. The average molecular weight is 234 g/mol. The van der Waals surface area contributed by atoms with Crippen molar-refractivity contribution in [1.82, 2.24) is 0 Å². The molecule has 17 heavy (non-hydrogen) atoms. The van der Waals surface area contributed by atoms with Crippen LogP contribution in [0.4, 0.5) is 0 Å². The number of epoxide rings is 1. The summed E-state index contributed by atoms with van der Waals surface area (Å²) in [7, 11) is 0. The van der Waals surface area contributed by atoms with E-state index in [1.54, 1.807) is 0 Å². The smallest absolute Gasteiger partial charge is 0.117 e. The molecule has 6 atom stereocenters. The van der Waals surface area contributed by atoms with Gasteiger partial charge < -0.3 is 9.47 Å². The van der Waals surface area contributed by atoms with Gasteiger partial charge in [0.15, 0.2) is 0 Å². The Morgan fingerprint density at radius 2 is 2.12 bits per heavy atom. The molecule has 2 nitrogen and oxygen atoms in total. The van der Waals surface area contributed by atoms with Crippen molar-refractivity contribution in [2.45, 2.75) is 56.8 Å². The molecular weight excluding hydrogens is 212 g/mol. The Morgan fingerprint density at radius 1 is 1.29 bits per heavy atom. The number of hydrogen-bond donors (Lipinski definition) is 0. The second-order valence-electron chi connectivity index (χ2n) is 6.86.